The number of fused-ring (bicyclic) bond motifs is 1. The fourth-order valence-corrected chi connectivity index (χ4v) is 4.76. The molecule has 3 aromatic heterocycles. The third-order valence-electron chi connectivity index (χ3n) is 6.26. The molecule has 0 spiro atoms. The molecule has 5 nitrogen and oxygen atoms in total. The van der Waals surface area contributed by atoms with Gasteiger partial charge in [0.2, 0.25) is 0 Å². The van der Waals surface area contributed by atoms with Gasteiger partial charge in [0.25, 0.3) is 5.91 Å². The number of benzene rings is 1. The normalized spacial score (nSPS) is 16.5. The fraction of sp³-hybridized carbons (Fsp3) is 0.231. The Morgan fingerprint density at radius 2 is 2.06 bits per heavy atom. The number of aryl methyl sites for hydroxylation is 1. The lowest BCUT2D eigenvalue weighted by atomic mass is 9.89. The molecule has 0 radical (unpaired) electrons. The Bertz CT molecular complexity index is 1250. The minimum absolute atomic E-state index is 0.0621. The fourth-order valence-electron chi connectivity index (χ4n) is 4.76. The van der Waals surface area contributed by atoms with Crippen molar-refractivity contribution in [2.24, 2.45) is 0 Å². The Hall–Kier alpha value is -3.60. The molecule has 4 heterocycles. The number of hydrogen-bond donors (Lipinski definition) is 1. The van der Waals surface area contributed by atoms with Gasteiger partial charge in [-0.15, -0.1) is 0 Å². The van der Waals surface area contributed by atoms with Crippen LogP contribution in [0, 0.1) is 6.92 Å². The van der Waals surface area contributed by atoms with Crippen molar-refractivity contribution in [1.29, 1.82) is 0 Å². The molecular formula is C26H26N4O. The second-order valence-corrected chi connectivity index (χ2v) is 8.27. The zero-order valence-electron chi connectivity index (χ0n) is 17.7. The number of nitrogens with one attached hydrogen (secondary N) is 1. The smallest absolute Gasteiger partial charge is 0.270 e. The first-order valence-corrected chi connectivity index (χ1v) is 10.8. The van der Waals surface area contributed by atoms with Gasteiger partial charge in [0.05, 0.1) is 0 Å². The molecule has 1 aliphatic heterocycles. The van der Waals surface area contributed by atoms with Gasteiger partial charge in [-0.3, -0.25) is 9.78 Å². The summed E-state index contributed by atoms with van der Waals surface area (Å²) in [5.41, 5.74) is 6.64. The van der Waals surface area contributed by atoms with Crippen LogP contribution in [0.4, 0.5) is 0 Å². The molecule has 0 bridgehead atoms. The summed E-state index contributed by atoms with van der Waals surface area (Å²) in [5, 5.41) is 1.23. The van der Waals surface area contributed by atoms with Gasteiger partial charge in [-0.05, 0) is 61.7 Å². The molecule has 156 valence electrons. The van der Waals surface area contributed by atoms with Crippen molar-refractivity contribution in [3.8, 4) is 11.1 Å². The van der Waals surface area contributed by atoms with Crippen LogP contribution >= 0.6 is 0 Å². The first-order valence-electron chi connectivity index (χ1n) is 10.8. The Morgan fingerprint density at radius 3 is 2.87 bits per heavy atom. The van der Waals surface area contributed by atoms with Crippen LogP contribution in [-0.4, -0.2) is 38.4 Å². The molecule has 1 amide bonds. The van der Waals surface area contributed by atoms with E-state index in [1.807, 2.05) is 35.6 Å². The maximum Gasteiger partial charge on any atom is 0.270 e. The first-order chi connectivity index (χ1) is 15.2. The van der Waals surface area contributed by atoms with E-state index < -0.39 is 0 Å². The van der Waals surface area contributed by atoms with Crippen molar-refractivity contribution < 1.29 is 4.79 Å². The summed E-state index contributed by atoms with van der Waals surface area (Å²) in [6, 6.07) is 14.4. The summed E-state index contributed by atoms with van der Waals surface area (Å²) < 4.78 is 1.79. The number of amides is 1. The van der Waals surface area contributed by atoms with E-state index in [9.17, 15) is 4.79 Å². The Kier molecular flexibility index (Phi) is 4.94. The Morgan fingerprint density at radius 1 is 1.23 bits per heavy atom. The number of aromatic nitrogens is 3. The summed E-state index contributed by atoms with van der Waals surface area (Å²) in [6.07, 6.45) is 9.26. The molecule has 1 atom stereocenters. The van der Waals surface area contributed by atoms with Gasteiger partial charge >= 0.3 is 0 Å². The van der Waals surface area contributed by atoms with E-state index in [1.165, 1.54) is 22.2 Å². The van der Waals surface area contributed by atoms with E-state index in [1.54, 1.807) is 10.8 Å². The molecule has 4 aromatic rings. The highest BCUT2D eigenvalue weighted by molar-refractivity contribution is 5.98. The number of hydrogen-bond acceptors (Lipinski definition) is 2. The van der Waals surface area contributed by atoms with E-state index in [0.717, 1.165) is 30.5 Å². The van der Waals surface area contributed by atoms with Crippen LogP contribution in [-0.2, 0) is 0 Å². The summed E-state index contributed by atoms with van der Waals surface area (Å²) in [6.45, 7) is 7.41. The van der Waals surface area contributed by atoms with Crippen LogP contribution in [0.1, 0.15) is 40.5 Å². The number of piperidine rings is 1. The molecule has 5 heteroatoms. The zero-order chi connectivity index (χ0) is 21.4. The van der Waals surface area contributed by atoms with Crippen LogP contribution in [0.3, 0.4) is 0 Å². The third-order valence-corrected chi connectivity index (χ3v) is 6.26. The first kappa shape index (κ1) is 19.4. The predicted octanol–water partition coefficient (Wildman–Crippen LogP) is 5.46. The van der Waals surface area contributed by atoms with Crippen LogP contribution in [0.15, 0.2) is 67.6 Å². The van der Waals surface area contributed by atoms with E-state index in [-0.39, 0.29) is 11.8 Å². The molecular weight excluding hydrogens is 384 g/mol. The highest BCUT2D eigenvalue weighted by Crippen LogP contribution is 2.39. The summed E-state index contributed by atoms with van der Waals surface area (Å²) in [7, 11) is 0. The molecule has 1 fully saturated rings. The van der Waals surface area contributed by atoms with Crippen molar-refractivity contribution >= 4 is 23.0 Å². The highest BCUT2D eigenvalue weighted by Gasteiger charge is 2.30. The van der Waals surface area contributed by atoms with Crippen molar-refractivity contribution in [1.82, 2.24) is 19.4 Å². The van der Waals surface area contributed by atoms with E-state index in [2.05, 4.69) is 53.8 Å². The maximum absolute atomic E-state index is 13.2. The SMILES string of the molecule is C=Cn1cccc1C(=O)N1CCC[C@H](c2[nH]c3ccc(C)cc3c2-c2ccncc2)C1. The number of likely N-dealkylation sites (tertiary alicyclic amines) is 1. The zero-order valence-corrected chi connectivity index (χ0v) is 17.7. The van der Waals surface area contributed by atoms with Gasteiger partial charge in [-0.25, -0.2) is 0 Å². The van der Waals surface area contributed by atoms with Gasteiger partial charge in [-0.1, -0.05) is 18.2 Å². The number of carbonyl (C=O) groups is 1. The Labute approximate surface area is 182 Å². The number of nitrogens with zero attached hydrogens (tertiary/aromatic N) is 3. The molecule has 1 aliphatic rings. The lowest BCUT2D eigenvalue weighted by Crippen LogP contribution is -2.39. The summed E-state index contributed by atoms with van der Waals surface area (Å²) in [4.78, 5) is 23.1. The quantitative estimate of drug-likeness (QED) is 0.486. The lowest BCUT2D eigenvalue weighted by Gasteiger charge is -2.33. The minimum Gasteiger partial charge on any atom is -0.358 e. The molecule has 1 N–H and O–H groups in total. The van der Waals surface area contributed by atoms with Crippen molar-refractivity contribution in [3.63, 3.8) is 0 Å². The van der Waals surface area contributed by atoms with Gasteiger partial charge in [0.1, 0.15) is 5.69 Å². The summed E-state index contributed by atoms with van der Waals surface area (Å²) in [5.74, 6) is 0.313. The van der Waals surface area contributed by atoms with Crippen molar-refractivity contribution in [3.05, 3.63) is 84.6 Å². The number of carbonyl (C=O) groups excluding carboxylic acids is 1. The van der Waals surface area contributed by atoms with Gasteiger partial charge in [-0.2, -0.15) is 0 Å². The van der Waals surface area contributed by atoms with E-state index in [4.69, 9.17) is 0 Å². The van der Waals surface area contributed by atoms with Crippen LogP contribution in [0.5, 0.6) is 0 Å². The van der Waals surface area contributed by atoms with Crippen molar-refractivity contribution in [2.75, 3.05) is 13.1 Å². The topological polar surface area (TPSA) is 53.9 Å². The third kappa shape index (κ3) is 3.46. The second kappa shape index (κ2) is 7.91. The highest BCUT2D eigenvalue weighted by atomic mass is 16.2. The molecule has 31 heavy (non-hydrogen) atoms. The lowest BCUT2D eigenvalue weighted by molar-refractivity contribution is 0.0699. The molecule has 0 saturated carbocycles. The van der Waals surface area contributed by atoms with E-state index >= 15 is 0 Å². The second-order valence-electron chi connectivity index (χ2n) is 8.27. The van der Waals surface area contributed by atoms with E-state index in [0.29, 0.717) is 12.2 Å². The average molecular weight is 411 g/mol. The van der Waals surface area contributed by atoms with Gasteiger partial charge in [0.15, 0.2) is 0 Å². The number of aromatic amines is 1. The standard InChI is InChI=1S/C26H26N4O/c1-3-29-14-5-7-23(29)26(31)30-15-4-6-20(17-30)25-24(19-10-12-27-13-11-19)21-16-18(2)8-9-22(21)28-25/h3,5,7-14,16,20,28H,1,4,6,15,17H2,2H3/t20-/m0/s1. The van der Waals surface area contributed by atoms with Crippen LogP contribution in [0.2, 0.25) is 0 Å². The van der Waals surface area contributed by atoms with Crippen molar-refractivity contribution in [2.45, 2.75) is 25.7 Å². The predicted molar refractivity (Wildman–Crippen MR) is 125 cm³/mol. The largest absolute Gasteiger partial charge is 0.358 e. The molecule has 5 rings (SSSR count). The number of pyridine rings is 1. The monoisotopic (exact) mass is 410 g/mol. The van der Waals surface area contributed by atoms with Crippen LogP contribution in [0.25, 0.3) is 28.2 Å². The minimum atomic E-state index is 0.0621. The van der Waals surface area contributed by atoms with Crippen LogP contribution < -0.4 is 0 Å². The van der Waals surface area contributed by atoms with Gasteiger partial charge in [0, 0.05) is 66.0 Å². The molecule has 1 saturated heterocycles. The Balaban J connectivity index is 1.55. The molecule has 1 aromatic carbocycles. The number of rotatable bonds is 4. The molecule has 0 unspecified atom stereocenters. The number of H-pyrrole nitrogens is 1. The average Bonchev–Trinajstić information content (AvgIpc) is 3.43. The maximum atomic E-state index is 13.2. The van der Waals surface area contributed by atoms with Gasteiger partial charge < -0.3 is 14.5 Å². The molecule has 0 aliphatic carbocycles. The summed E-state index contributed by atoms with van der Waals surface area (Å²) >= 11 is 0.